The standard InChI is InChI=1S/C62H39N5O/c1-5-18-41(19-6-1)53-39-54(42-20-7-2-8-21-42)64-58(63-53)45-34-32-40(33-35-45)47-26-17-27-49-48-37-36-46(61-66-59(43-22-9-3-10-23-43)65-60(67-61)44-24-11-4-12-25-44)38-52(48)62(57(47)49)50-28-13-15-30-55(50)68-56-31-16-14-29-51(56)62/h1-39H. The Morgan fingerprint density at radius 3 is 1.22 bits per heavy atom. The summed E-state index contributed by atoms with van der Waals surface area (Å²) in [7, 11) is 0. The molecule has 2 aromatic heterocycles. The van der Waals surface area contributed by atoms with Crippen LogP contribution in [0.15, 0.2) is 237 Å². The molecule has 0 unspecified atom stereocenters. The van der Waals surface area contributed by atoms with Crippen molar-refractivity contribution in [2.45, 2.75) is 5.41 Å². The fourth-order valence-corrected chi connectivity index (χ4v) is 10.2. The molecule has 0 N–H and O–H groups in total. The molecule has 1 aliphatic heterocycles. The molecule has 0 amide bonds. The van der Waals surface area contributed by atoms with Gasteiger partial charge >= 0.3 is 0 Å². The molecule has 68 heavy (non-hydrogen) atoms. The van der Waals surface area contributed by atoms with E-state index in [-0.39, 0.29) is 0 Å². The predicted octanol–water partition coefficient (Wildman–Crippen LogP) is 14.8. The molecule has 13 rings (SSSR count). The van der Waals surface area contributed by atoms with Gasteiger partial charge in [-0.25, -0.2) is 24.9 Å². The molecule has 1 spiro atoms. The van der Waals surface area contributed by atoms with Crippen molar-refractivity contribution in [3.05, 3.63) is 259 Å². The molecular formula is C62H39N5O. The second kappa shape index (κ2) is 16.1. The number of hydrogen-bond donors (Lipinski definition) is 0. The summed E-state index contributed by atoms with van der Waals surface area (Å²) in [4.78, 5) is 25.7. The molecule has 6 heteroatoms. The first-order valence-electron chi connectivity index (χ1n) is 22.8. The molecule has 9 aromatic carbocycles. The van der Waals surface area contributed by atoms with Gasteiger partial charge in [0, 0.05) is 44.5 Å². The Kier molecular flexibility index (Phi) is 9.29. The van der Waals surface area contributed by atoms with Crippen LogP contribution in [-0.4, -0.2) is 24.9 Å². The number of ether oxygens (including phenoxy) is 1. The van der Waals surface area contributed by atoms with Crippen LogP contribution in [0.3, 0.4) is 0 Å². The number of fused-ring (bicyclic) bond motifs is 9. The van der Waals surface area contributed by atoms with Gasteiger partial charge in [-0.1, -0.05) is 212 Å². The molecule has 11 aromatic rings. The van der Waals surface area contributed by atoms with Crippen molar-refractivity contribution < 1.29 is 4.74 Å². The largest absolute Gasteiger partial charge is 0.457 e. The van der Waals surface area contributed by atoms with Crippen molar-refractivity contribution in [3.8, 4) is 102 Å². The van der Waals surface area contributed by atoms with Gasteiger partial charge in [-0.15, -0.1) is 0 Å². The minimum absolute atomic E-state index is 0.602. The fourth-order valence-electron chi connectivity index (χ4n) is 10.2. The molecule has 0 radical (unpaired) electrons. The van der Waals surface area contributed by atoms with Gasteiger partial charge in [-0.05, 0) is 57.6 Å². The average Bonchev–Trinajstić information content (AvgIpc) is 3.71. The van der Waals surface area contributed by atoms with Gasteiger partial charge in [0.2, 0.25) is 0 Å². The fraction of sp³-hybridized carbons (Fsp3) is 0.0161. The van der Waals surface area contributed by atoms with Crippen molar-refractivity contribution in [1.82, 2.24) is 24.9 Å². The summed E-state index contributed by atoms with van der Waals surface area (Å²) in [5.41, 5.74) is 15.7. The highest BCUT2D eigenvalue weighted by atomic mass is 16.5. The van der Waals surface area contributed by atoms with E-state index >= 15 is 0 Å². The highest BCUT2D eigenvalue weighted by Crippen LogP contribution is 2.64. The van der Waals surface area contributed by atoms with E-state index in [2.05, 4.69) is 140 Å². The quantitative estimate of drug-likeness (QED) is 0.159. The molecule has 0 bridgehead atoms. The third kappa shape index (κ3) is 6.45. The minimum Gasteiger partial charge on any atom is -0.457 e. The average molecular weight is 870 g/mol. The van der Waals surface area contributed by atoms with E-state index in [4.69, 9.17) is 29.7 Å². The highest BCUT2D eigenvalue weighted by molar-refractivity contribution is 5.95. The Morgan fingerprint density at radius 1 is 0.265 bits per heavy atom. The smallest absolute Gasteiger partial charge is 0.164 e. The summed E-state index contributed by atoms with van der Waals surface area (Å²) in [5.74, 6) is 4.15. The molecule has 2 aliphatic rings. The van der Waals surface area contributed by atoms with E-state index in [1.807, 2.05) is 97.1 Å². The Labute approximate surface area is 394 Å². The molecule has 0 fully saturated rings. The Morgan fingerprint density at radius 2 is 0.676 bits per heavy atom. The zero-order valence-corrected chi connectivity index (χ0v) is 36.7. The van der Waals surface area contributed by atoms with E-state index in [0.29, 0.717) is 23.3 Å². The minimum atomic E-state index is -0.767. The monoisotopic (exact) mass is 869 g/mol. The van der Waals surface area contributed by atoms with Crippen LogP contribution in [0, 0.1) is 0 Å². The van der Waals surface area contributed by atoms with Crippen LogP contribution in [-0.2, 0) is 5.41 Å². The Balaban J connectivity index is 1.00. The lowest BCUT2D eigenvalue weighted by Gasteiger charge is -2.40. The predicted molar refractivity (Wildman–Crippen MR) is 271 cm³/mol. The van der Waals surface area contributed by atoms with Crippen molar-refractivity contribution in [2.24, 2.45) is 0 Å². The van der Waals surface area contributed by atoms with E-state index in [1.54, 1.807) is 0 Å². The first-order valence-corrected chi connectivity index (χ1v) is 22.8. The molecule has 0 saturated heterocycles. The summed E-state index contributed by atoms with van der Waals surface area (Å²) in [5, 5.41) is 0. The van der Waals surface area contributed by atoms with Gasteiger partial charge in [0.05, 0.1) is 16.8 Å². The second-order valence-corrected chi connectivity index (χ2v) is 17.1. The Bertz CT molecular complexity index is 3530. The summed E-state index contributed by atoms with van der Waals surface area (Å²) >= 11 is 0. The van der Waals surface area contributed by atoms with Crippen LogP contribution in [0.25, 0.3) is 90.3 Å². The first-order chi connectivity index (χ1) is 33.7. The lowest BCUT2D eigenvalue weighted by molar-refractivity contribution is 0.436. The van der Waals surface area contributed by atoms with Gasteiger partial charge in [-0.3, -0.25) is 0 Å². The van der Waals surface area contributed by atoms with E-state index < -0.39 is 5.41 Å². The van der Waals surface area contributed by atoms with Gasteiger partial charge < -0.3 is 4.74 Å². The second-order valence-electron chi connectivity index (χ2n) is 17.1. The SMILES string of the molecule is c1ccc(-c2cc(-c3ccccc3)nc(-c3ccc(-c4cccc5c4C4(c6ccccc6Oc6ccccc64)c4cc(-c6nc(-c7ccccc7)nc(-c7ccccc7)n6)ccc4-5)cc3)n2)cc1. The number of para-hydroxylation sites is 2. The molecule has 1 aliphatic carbocycles. The van der Waals surface area contributed by atoms with Crippen molar-refractivity contribution in [2.75, 3.05) is 0 Å². The molecule has 0 atom stereocenters. The maximum absolute atomic E-state index is 6.79. The molecule has 3 heterocycles. The van der Waals surface area contributed by atoms with Gasteiger partial charge in [0.25, 0.3) is 0 Å². The summed E-state index contributed by atoms with van der Waals surface area (Å²) in [6, 6.07) is 82.1. The summed E-state index contributed by atoms with van der Waals surface area (Å²) < 4.78 is 6.79. The lowest BCUT2D eigenvalue weighted by Crippen LogP contribution is -2.32. The van der Waals surface area contributed by atoms with E-state index in [9.17, 15) is 0 Å². The van der Waals surface area contributed by atoms with Gasteiger partial charge in [0.15, 0.2) is 23.3 Å². The van der Waals surface area contributed by atoms with Crippen molar-refractivity contribution in [3.63, 3.8) is 0 Å². The number of hydrogen-bond acceptors (Lipinski definition) is 6. The van der Waals surface area contributed by atoms with Crippen LogP contribution in [0.1, 0.15) is 22.3 Å². The van der Waals surface area contributed by atoms with Crippen molar-refractivity contribution >= 4 is 0 Å². The number of benzene rings is 9. The normalized spacial score (nSPS) is 12.6. The molecule has 318 valence electrons. The zero-order valence-electron chi connectivity index (χ0n) is 36.7. The van der Waals surface area contributed by atoms with Crippen LogP contribution in [0.4, 0.5) is 0 Å². The van der Waals surface area contributed by atoms with Crippen LogP contribution >= 0.6 is 0 Å². The van der Waals surface area contributed by atoms with E-state index in [1.165, 1.54) is 5.56 Å². The lowest BCUT2D eigenvalue weighted by atomic mass is 9.64. The first kappa shape index (κ1) is 39.3. The van der Waals surface area contributed by atoms with Crippen LogP contribution in [0.2, 0.25) is 0 Å². The third-order valence-corrected chi connectivity index (χ3v) is 13.2. The topological polar surface area (TPSA) is 73.7 Å². The molecule has 6 nitrogen and oxygen atoms in total. The van der Waals surface area contributed by atoms with Crippen LogP contribution < -0.4 is 4.74 Å². The number of rotatable bonds is 7. The Hall–Kier alpha value is -9.13. The summed E-state index contributed by atoms with van der Waals surface area (Å²) in [6.45, 7) is 0. The maximum atomic E-state index is 6.79. The summed E-state index contributed by atoms with van der Waals surface area (Å²) in [6.07, 6.45) is 0. The van der Waals surface area contributed by atoms with Gasteiger partial charge in [-0.2, -0.15) is 0 Å². The van der Waals surface area contributed by atoms with Crippen molar-refractivity contribution in [1.29, 1.82) is 0 Å². The maximum Gasteiger partial charge on any atom is 0.164 e. The third-order valence-electron chi connectivity index (χ3n) is 13.2. The molecular weight excluding hydrogens is 831 g/mol. The number of nitrogens with zero attached hydrogens (tertiary/aromatic N) is 5. The molecule has 0 saturated carbocycles. The van der Waals surface area contributed by atoms with Gasteiger partial charge in [0.1, 0.15) is 11.5 Å². The van der Waals surface area contributed by atoms with Crippen LogP contribution in [0.5, 0.6) is 11.5 Å². The highest BCUT2D eigenvalue weighted by Gasteiger charge is 2.52. The number of aromatic nitrogens is 5. The zero-order chi connectivity index (χ0) is 45.0. The van der Waals surface area contributed by atoms with E-state index in [0.717, 1.165) is 95.2 Å².